The van der Waals surface area contributed by atoms with Gasteiger partial charge < -0.3 is 5.73 Å². The van der Waals surface area contributed by atoms with Gasteiger partial charge >= 0.3 is 0 Å². The van der Waals surface area contributed by atoms with Gasteiger partial charge in [0.05, 0.1) is 6.20 Å². The lowest BCUT2D eigenvalue weighted by molar-refractivity contribution is 0.338. The molecule has 6 heteroatoms. The summed E-state index contributed by atoms with van der Waals surface area (Å²) in [6.07, 6.45) is 2.22. The largest absolute Gasteiger partial charge is 0.367 e. The van der Waals surface area contributed by atoms with Gasteiger partial charge in [0, 0.05) is 11.6 Å². The number of rotatable bonds is 1. The second-order valence-corrected chi connectivity index (χ2v) is 4.44. The number of hydrogen-bond donors (Lipinski definition) is 1. The van der Waals surface area contributed by atoms with E-state index in [2.05, 4.69) is 10.1 Å². The number of nitrogens with zero attached hydrogens (tertiary/aromatic N) is 3. The highest BCUT2D eigenvalue weighted by Gasteiger charge is 2.29. The van der Waals surface area contributed by atoms with Gasteiger partial charge in [-0.05, 0) is 25.3 Å². The summed E-state index contributed by atoms with van der Waals surface area (Å²) in [6.45, 7) is 0. The van der Waals surface area contributed by atoms with Crippen LogP contribution in [0.25, 0.3) is 5.52 Å². The Morgan fingerprint density at radius 1 is 1.41 bits per heavy atom. The Hall–Kier alpha value is -1.72. The Morgan fingerprint density at radius 2 is 2.24 bits per heavy atom. The van der Waals surface area contributed by atoms with E-state index in [4.69, 9.17) is 5.73 Å². The topological polar surface area (TPSA) is 56.2 Å². The molecule has 2 unspecified atom stereocenters. The molecule has 1 fully saturated rings. The molecule has 0 bridgehead atoms. The maximum absolute atomic E-state index is 13.7. The molecule has 2 aromatic rings. The maximum Gasteiger partial charge on any atom is 0.238 e. The van der Waals surface area contributed by atoms with Crippen molar-refractivity contribution in [3.8, 4) is 0 Å². The van der Waals surface area contributed by atoms with Gasteiger partial charge in [-0.15, -0.1) is 5.10 Å². The van der Waals surface area contributed by atoms with E-state index in [1.165, 1.54) is 16.8 Å². The molecule has 0 aromatic carbocycles. The molecule has 0 radical (unpaired) electrons. The van der Waals surface area contributed by atoms with Crippen LogP contribution in [0.3, 0.4) is 0 Å². The summed E-state index contributed by atoms with van der Waals surface area (Å²) in [5.41, 5.74) is 6.46. The Morgan fingerprint density at radius 3 is 2.94 bits per heavy atom. The van der Waals surface area contributed by atoms with Crippen molar-refractivity contribution < 1.29 is 8.78 Å². The number of alkyl halides is 1. The second kappa shape index (κ2) is 3.65. The fourth-order valence-corrected chi connectivity index (χ4v) is 2.47. The average molecular weight is 238 g/mol. The first kappa shape index (κ1) is 10.4. The van der Waals surface area contributed by atoms with Crippen molar-refractivity contribution in [2.45, 2.75) is 31.4 Å². The molecule has 0 amide bonds. The molecular formula is C11H12F2N4. The molecule has 17 heavy (non-hydrogen) atoms. The van der Waals surface area contributed by atoms with Crippen LogP contribution in [-0.2, 0) is 0 Å². The molecule has 1 aliphatic rings. The molecule has 90 valence electrons. The third-order valence-electron chi connectivity index (χ3n) is 3.30. The van der Waals surface area contributed by atoms with Crippen LogP contribution in [-0.4, -0.2) is 20.8 Å². The minimum Gasteiger partial charge on any atom is -0.367 e. The van der Waals surface area contributed by atoms with Gasteiger partial charge in [-0.25, -0.2) is 18.3 Å². The monoisotopic (exact) mass is 238 g/mol. The SMILES string of the molecule is Nc1ncc2c(F)cc(C3CCC(F)C3)n2n1. The van der Waals surface area contributed by atoms with E-state index in [-0.39, 0.29) is 23.2 Å². The van der Waals surface area contributed by atoms with Gasteiger partial charge in [0.1, 0.15) is 11.7 Å². The van der Waals surface area contributed by atoms with Crippen LogP contribution in [0.4, 0.5) is 14.7 Å². The zero-order valence-corrected chi connectivity index (χ0v) is 9.11. The number of aromatic nitrogens is 3. The Bertz CT molecular complexity index is 566. The Labute approximate surface area is 96.4 Å². The average Bonchev–Trinajstić information content (AvgIpc) is 2.83. The van der Waals surface area contributed by atoms with E-state index in [0.717, 1.165) is 6.42 Å². The van der Waals surface area contributed by atoms with Crippen LogP contribution in [0.1, 0.15) is 30.9 Å². The van der Waals surface area contributed by atoms with Crippen LogP contribution >= 0.6 is 0 Å². The maximum atomic E-state index is 13.7. The molecule has 2 aromatic heterocycles. The summed E-state index contributed by atoms with van der Waals surface area (Å²) in [7, 11) is 0. The van der Waals surface area contributed by atoms with E-state index < -0.39 is 6.17 Å². The normalized spacial score (nSPS) is 24.6. The second-order valence-electron chi connectivity index (χ2n) is 4.44. The van der Waals surface area contributed by atoms with Crippen LogP contribution < -0.4 is 5.73 Å². The molecule has 1 aliphatic carbocycles. The lowest BCUT2D eigenvalue weighted by Gasteiger charge is -2.08. The van der Waals surface area contributed by atoms with Crippen molar-refractivity contribution in [1.82, 2.24) is 14.6 Å². The number of nitrogen functional groups attached to an aromatic ring is 1. The predicted octanol–water partition coefficient (Wildman–Crippen LogP) is 2.06. The number of halogens is 2. The first-order valence-corrected chi connectivity index (χ1v) is 5.59. The highest BCUT2D eigenvalue weighted by atomic mass is 19.1. The number of nitrogens with two attached hydrogens (primary N) is 1. The van der Waals surface area contributed by atoms with E-state index in [0.29, 0.717) is 18.5 Å². The molecule has 4 nitrogen and oxygen atoms in total. The summed E-state index contributed by atoms with van der Waals surface area (Å²) in [5.74, 6) is -0.289. The van der Waals surface area contributed by atoms with Crippen molar-refractivity contribution in [3.63, 3.8) is 0 Å². The van der Waals surface area contributed by atoms with Gasteiger partial charge in [0.25, 0.3) is 0 Å². The standard InChI is InChI=1S/C11H12F2N4/c12-7-2-1-6(3-7)9-4-8(13)10-5-15-11(14)16-17(9)10/h4-7H,1-3H2,(H2,14,16). The third-order valence-corrected chi connectivity index (χ3v) is 3.30. The number of anilines is 1. The van der Waals surface area contributed by atoms with Crippen molar-refractivity contribution in [3.05, 3.63) is 23.8 Å². The predicted molar refractivity (Wildman–Crippen MR) is 58.8 cm³/mol. The van der Waals surface area contributed by atoms with Gasteiger partial charge in [-0.3, -0.25) is 0 Å². The first-order chi connectivity index (χ1) is 8.15. The lowest BCUT2D eigenvalue weighted by Crippen LogP contribution is -2.06. The molecule has 3 rings (SSSR count). The van der Waals surface area contributed by atoms with Crippen molar-refractivity contribution in [2.75, 3.05) is 5.73 Å². The van der Waals surface area contributed by atoms with Gasteiger partial charge in [-0.2, -0.15) is 0 Å². The van der Waals surface area contributed by atoms with Crippen LogP contribution in [0.5, 0.6) is 0 Å². The van der Waals surface area contributed by atoms with E-state index in [1.807, 2.05) is 0 Å². The highest BCUT2D eigenvalue weighted by Crippen LogP contribution is 2.37. The van der Waals surface area contributed by atoms with E-state index in [9.17, 15) is 8.78 Å². The molecule has 2 atom stereocenters. The quantitative estimate of drug-likeness (QED) is 0.827. The summed E-state index contributed by atoms with van der Waals surface area (Å²) in [6, 6.07) is 1.41. The summed E-state index contributed by atoms with van der Waals surface area (Å²) < 4.78 is 28.3. The van der Waals surface area contributed by atoms with E-state index >= 15 is 0 Å². The molecular weight excluding hydrogens is 226 g/mol. The third kappa shape index (κ3) is 1.64. The summed E-state index contributed by atoms with van der Waals surface area (Å²) in [4.78, 5) is 3.75. The minimum absolute atomic E-state index is 0.0105. The van der Waals surface area contributed by atoms with Gasteiger partial charge in [0.15, 0.2) is 5.82 Å². The van der Waals surface area contributed by atoms with Gasteiger partial charge in [-0.1, -0.05) is 0 Å². The van der Waals surface area contributed by atoms with Gasteiger partial charge in [0.2, 0.25) is 5.95 Å². The smallest absolute Gasteiger partial charge is 0.238 e. The molecule has 0 saturated heterocycles. The van der Waals surface area contributed by atoms with Crippen LogP contribution in [0, 0.1) is 5.82 Å². The molecule has 2 N–H and O–H groups in total. The number of hydrogen-bond acceptors (Lipinski definition) is 3. The fraction of sp³-hybridized carbons (Fsp3) is 0.455. The first-order valence-electron chi connectivity index (χ1n) is 5.59. The fourth-order valence-electron chi connectivity index (χ4n) is 2.47. The molecule has 0 spiro atoms. The zero-order valence-electron chi connectivity index (χ0n) is 9.11. The molecule has 2 heterocycles. The van der Waals surface area contributed by atoms with Crippen LogP contribution in [0.15, 0.2) is 12.3 Å². The Balaban J connectivity index is 2.13. The van der Waals surface area contributed by atoms with E-state index in [1.54, 1.807) is 0 Å². The van der Waals surface area contributed by atoms with Crippen molar-refractivity contribution in [2.24, 2.45) is 0 Å². The lowest BCUT2D eigenvalue weighted by atomic mass is 10.0. The van der Waals surface area contributed by atoms with Crippen molar-refractivity contribution in [1.29, 1.82) is 0 Å². The zero-order chi connectivity index (χ0) is 12.0. The minimum atomic E-state index is -0.798. The Kier molecular flexibility index (Phi) is 2.24. The molecule has 0 aliphatic heterocycles. The summed E-state index contributed by atoms with van der Waals surface area (Å²) in [5, 5.41) is 3.99. The number of fused-ring (bicyclic) bond motifs is 1. The van der Waals surface area contributed by atoms with Crippen molar-refractivity contribution >= 4 is 11.5 Å². The molecule has 1 saturated carbocycles. The highest BCUT2D eigenvalue weighted by molar-refractivity contribution is 5.50. The summed E-state index contributed by atoms with van der Waals surface area (Å²) >= 11 is 0. The van der Waals surface area contributed by atoms with Crippen LogP contribution in [0.2, 0.25) is 0 Å².